The maximum Gasteiger partial charge on any atom is 0.266 e. The molecule has 0 fully saturated rings. The van der Waals surface area contributed by atoms with Crippen LogP contribution in [0.4, 0.5) is 5.69 Å². The first-order valence-corrected chi connectivity index (χ1v) is 14.0. The van der Waals surface area contributed by atoms with Gasteiger partial charge in [-0.15, -0.1) is 0 Å². The van der Waals surface area contributed by atoms with Gasteiger partial charge >= 0.3 is 0 Å². The lowest BCUT2D eigenvalue weighted by Crippen LogP contribution is -2.30. The zero-order valence-corrected chi connectivity index (χ0v) is 23.2. The van der Waals surface area contributed by atoms with Crippen molar-refractivity contribution in [1.29, 1.82) is 5.26 Å². The smallest absolute Gasteiger partial charge is 0.266 e. The van der Waals surface area contributed by atoms with Gasteiger partial charge in [0.25, 0.3) is 5.91 Å². The number of anilines is 1. The average Bonchev–Trinajstić information content (AvgIpc) is 3.36. The normalized spacial score (nSPS) is 11.8. The van der Waals surface area contributed by atoms with Gasteiger partial charge in [-0.05, 0) is 60.2 Å². The Labute approximate surface area is 240 Å². The zero-order chi connectivity index (χ0) is 28.0. The van der Waals surface area contributed by atoms with Gasteiger partial charge in [0.05, 0.1) is 21.5 Å². The van der Waals surface area contributed by atoms with Gasteiger partial charge in [-0.25, -0.2) is 8.42 Å². The van der Waals surface area contributed by atoms with Gasteiger partial charge in [-0.3, -0.25) is 4.79 Å². The third kappa shape index (κ3) is 7.30. The Balaban J connectivity index is 1.57. The molecule has 4 rings (SSSR count). The van der Waals surface area contributed by atoms with E-state index in [0.717, 1.165) is 5.56 Å². The number of carbonyl (C=O) groups excluding carboxylic acids is 1. The molecule has 0 aliphatic rings. The van der Waals surface area contributed by atoms with Crippen molar-refractivity contribution in [3.8, 4) is 6.07 Å². The van der Waals surface area contributed by atoms with Crippen LogP contribution in [0.3, 0.4) is 0 Å². The van der Waals surface area contributed by atoms with Crippen molar-refractivity contribution in [2.24, 2.45) is 0 Å². The SMILES string of the molecule is N#C/C(=C/c1ccc(CN(Cc2ccccc2)S(=O)(=O)c2ccc(Cl)cc2)o1)C(=O)Nc1ccc(Cl)c(Cl)c1. The molecule has 0 saturated carbocycles. The van der Waals surface area contributed by atoms with E-state index in [1.165, 1.54) is 46.8 Å². The van der Waals surface area contributed by atoms with E-state index in [9.17, 15) is 18.5 Å². The van der Waals surface area contributed by atoms with E-state index in [2.05, 4.69) is 5.32 Å². The van der Waals surface area contributed by atoms with Crippen LogP contribution in [0.5, 0.6) is 0 Å². The minimum absolute atomic E-state index is 0.0836. The van der Waals surface area contributed by atoms with Crippen LogP contribution >= 0.6 is 34.8 Å². The largest absolute Gasteiger partial charge is 0.460 e. The number of furan rings is 1. The number of hydrogen-bond donors (Lipinski definition) is 1. The molecule has 0 spiro atoms. The second-order valence-electron chi connectivity index (χ2n) is 8.27. The number of nitrogens with one attached hydrogen (secondary N) is 1. The van der Waals surface area contributed by atoms with Gasteiger partial charge in [-0.2, -0.15) is 9.57 Å². The molecule has 1 amide bonds. The summed E-state index contributed by atoms with van der Waals surface area (Å²) in [5, 5.41) is 13.1. The molecule has 0 atom stereocenters. The van der Waals surface area contributed by atoms with Crippen LogP contribution in [0.1, 0.15) is 17.1 Å². The van der Waals surface area contributed by atoms with Gasteiger partial charge < -0.3 is 9.73 Å². The summed E-state index contributed by atoms with van der Waals surface area (Å²) in [6.45, 7) is -0.00176. The van der Waals surface area contributed by atoms with E-state index in [-0.39, 0.29) is 34.3 Å². The van der Waals surface area contributed by atoms with E-state index in [1.54, 1.807) is 18.2 Å². The minimum Gasteiger partial charge on any atom is -0.460 e. The number of carbonyl (C=O) groups is 1. The second-order valence-corrected chi connectivity index (χ2v) is 11.5. The van der Waals surface area contributed by atoms with Crippen LogP contribution in [0, 0.1) is 11.3 Å². The Morgan fingerprint density at radius 2 is 1.64 bits per heavy atom. The number of amides is 1. The summed E-state index contributed by atoms with van der Waals surface area (Å²) in [7, 11) is -3.92. The van der Waals surface area contributed by atoms with Gasteiger partial charge in [0.2, 0.25) is 10.0 Å². The number of benzene rings is 3. The van der Waals surface area contributed by atoms with Crippen molar-refractivity contribution >= 4 is 62.5 Å². The molecule has 7 nitrogen and oxygen atoms in total. The minimum atomic E-state index is -3.92. The number of nitriles is 1. The zero-order valence-electron chi connectivity index (χ0n) is 20.1. The first kappa shape index (κ1) is 28.4. The number of halogens is 3. The maximum absolute atomic E-state index is 13.5. The molecule has 198 valence electrons. The van der Waals surface area contributed by atoms with Crippen LogP contribution in [-0.2, 0) is 27.9 Å². The monoisotopic (exact) mass is 599 g/mol. The summed E-state index contributed by atoms with van der Waals surface area (Å²) in [6, 6.07) is 24.6. The Morgan fingerprint density at radius 1 is 0.923 bits per heavy atom. The Kier molecular flexibility index (Phi) is 9.12. The molecule has 1 aromatic heterocycles. The van der Waals surface area contributed by atoms with Crippen LogP contribution in [-0.4, -0.2) is 18.6 Å². The molecule has 11 heteroatoms. The topological polar surface area (TPSA) is 103 Å². The fraction of sp³-hybridized carbons (Fsp3) is 0.0714. The van der Waals surface area contributed by atoms with E-state index in [0.29, 0.717) is 21.5 Å². The molecular formula is C28H20Cl3N3O4S. The van der Waals surface area contributed by atoms with E-state index >= 15 is 0 Å². The molecule has 1 N–H and O–H groups in total. The molecule has 4 aromatic rings. The lowest BCUT2D eigenvalue weighted by molar-refractivity contribution is -0.112. The van der Waals surface area contributed by atoms with Crippen LogP contribution in [0.2, 0.25) is 15.1 Å². The van der Waals surface area contributed by atoms with Gasteiger partial charge in [0.1, 0.15) is 23.2 Å². The quantitative estimate of drug-likeness (QED) is 0.162. The molecule has 0 aliphatic carbocycles. The summed E-state index contributed by atoms with van der Waals surface area (Å²) in [4.78, 5) is 12.7. The lowest BCUT2D eigenvalue weighted by Gasteiger charge is -2.21. The number of nitrogens with zero attached hydrogens (tertiary/aromatic N) is 2. The van der Waals surface area contributed by atoms with Crippen molar-refractivity contribution in [1.82, 2.24) is 4.31 Å². The Hall–Kier alpha value is -3.58. The molecule has 0 radical (unpaired) electrons. The fourth-order valence-electron chi connectivity index (χ4n) is 3.56. The third-order valence-corrected chi connectivity index (χ3v) is 8.29. The third-order valence-electron chi connectivity index (χ3n) is 5.50. The van der Waals surface area contributed by atoms with Gasteiger partial charge in [0, 0.05) is 23.3 Å². The Morgan fingerprint density at radius 3 is 2.31 bits per heavy atom. The van der Waals surface area contributed by atoms with Crippen molar-refractivity contribution in [2.45, 2.75) is 18.0 Å². The molecular weight excluding hydrogens is 581 g/mol. The average molecular weight is 601 g/mol. The summed E-state index contributed by atoms with van der Waals surface area (Å²) in [6.07, 6.45) is 1.27. The maximum atomic E-state index is 13.5. The molecule has 1 heterocycles. The first-order valence-electron chi connectivity index (χ1n) is 11.4. The summed E-state index contributed by atoms with van der Waals surface area (Å²) in [5.74, 6) is -0.156. The first-order chi connectivity index (χ1) is 18.7. The van der Waals surface area contributed by atoms with Gasteiger partial charge in [0.15, 0.2) is 0 Å². The highest BCUT2D eigenvalue weighted by molar-refractivity contribution is 7.89. The van der Waals surface area contributed by atoms with E-state index < -0.39 is 15.9 Å². The highest BCUT2D eigenvalue weighted by Gasteiger charge is 2.26. The second kappa shape index (κ2) is 12.5. The van der Waals surface area contributed by atoms with Crippen molar-refractivity contribution < 1.29 is 17.6 Å². The number of sulfonamides is 1. The van der Waals surface area contributed by atoms with Gasteiger partial charge in [-0.1, -0.05) is 65.1 Å². The predicted octanol–water partition coefficient (Wildman–Crippen LogP) is 7.18. The molecule has 0 saturated heterocycles. The predicted molar refractivity (Wildman–Crippen MR) is 152 cm³/mol. The van der Waals surface area contributed by atoms with Crippen LogP contribution < -0.4 is 5.32 Å². The lowest BCUT2D eigenvalue weighted by atomic mass is 10.2. The molecule has 39 heavy (non-hydrogen) atoms. The fourth-order valence-corrected chi connectivity index (χ4v) is 5.38. The molecule has 0 bridgehead atoms. The van der Waals surface area contributed by atoms with E-state index in [1.807, 2.05) is 36.4 Å². The van der Waals surface area contributed by atoms with Crippen molar-refractivity contribution in [2.75, 3.05) is 5.32 Å². The molecule has 0 unspecified atom stereocenters. The molecule has 0 aliphatic heterocycles. The summed E-state index contributed by atoms with van der Waals surface area (Å²) in [5.41, 5.74) is 0.920. The van der Waals surface area contributed by atoms with E-state index in [4.69, 9.17) is 39.2 Å². The Bertz CT molecular complexity index is 1660. The molecule has 3 aromatic carbocycles. The van der Waals surface area contributed by atoms with Crippen LogP contribution in [0.25, 0.3) is 6.08 Å². The van der Waals surface area contributed by atoms with Crippen molar-refractivity contribution in [3.63, 3.8) is 0 Å². The highest BCUT2D eigenvalue weighted by atomic mass is 35.5. The number of hydrogen-bond acceptors (Lipinski definition) is 5. The summed E-state index contributed by atoms with van der Waals surface area (Å²) < 4.78 is 34.1. The van der Waals surface area contributed by atoms with Crippen molar-refractivity contribution in [3.05, 3.63) is 123 Å². The van der Waals surface area contributed by atoms with Crippen LogP contribution in [0.15, 0.2) is 99.8 Å². The number of rotatable bonds is 9. The standard InChI is InChI=1S/C28H20Cl3N3O4S/c29-21-6-11-25(12-7-21)39(36,37)34(17-19-4-2-1-3-5-19)18-24-10-9-23(38-24)14-20(16-32)28(35)33-22-8-13-26(30)27(31)15-22/h1-15H,17-18H2,(H,33,35)/b20-14-. The summed E-state index contributed by atoms with van der Waals surface area (Å²) >= 11 is 17.8. The highest BCUT2D eigenvalue weighted by Crippen LogP contribution is 2.26.